The van der Waals surface area contributed by atoms with Crippen LogP contribution in [0.4, 0.5) is 5.69 Å². The third-order valence-electron chi connectivity index (χ3n) is 4.16. The number of carbonyl (C=O) groups excluding carboxylic acids is 1. The highest BCUT2D eigenvalue weighted by Crippen LogP contribution is 2.27. The molecule has 1 N–H and O–H groups in total. The molecule has 0 atom stereocenters. The van der Waals surface area contributed by atoms with E-state index in [-0.39, 0.29) is 18.0 Å². The van der Waals surface area contributed by atoms with Gasteiger partial charge in [-0.1, -0.05) is 45.8 Å². The average Bonchev–Trinajstić information content (AvgIpc) is 3.09. The highest BCUT2D eigenvalue weighted by Gasteiger charge is 2.15. The van der Waals surface area contributed by atoms with E-state index < -0.39 is 0 Å². The van der Waals surface area contributed by atoms with Gasteiger partial charge >= 0.3 is 0 Å². The van der Waals surface area contributed by atoms with Crippen LogP contribution in [0.15, 0.2) is 64.1 Å². The normalized spacial score (nSPS) is 10.9. The van der Waals surface area contributed by atoms with Crippen LogP contribution in [0.2, 0.25) is 0 Å². The molecular formula is C20H15BrN4O2S. The second-order valence-electron chi connectivity index (χ2n) is 6.31. The maximum Gasteiger partial charge on any atom is 0.273 e. The lowest BCUT2D eigenvalue weighted by molar-refractivity contribution is -0.116. The van der Waals surface area contributed by atoms with Gasteiger partial charge in [0.2, 0.25) is 5.91 Å². The molecular weight excluding hydrogens is 440 g/mol. The fourth-order valence-electron chi connectivity index (χ4n) is 2.87. The van der Waals surface area contributed by atoms with E-state index in [0.717, 1.165) is 27.1 Å². The minimum Gasteiger partial charge on any atom is -0.324 e. The second kappa shape index (κ2) is 7.65. The summed E-state index contributed by atoms with van der Waals surface area (Å²) in [6.45, 7) is 1.88. The van der Waals surface area contributed by atoms with E-state index in [1.807, 2.05) is 43.3 Å². The van der Waals surface area contributed by atoms with E-state index in [0.29, 0.717) is 21.6 Å². The molecule has 0 aliphatic carbocycles. The van der Waals surface area contributed by atoms with Crippen LogP contribution in [0.1, 0.15) is 5.56 Å². The second-order valence-corrected chi connectivity index (χ2v) is 8.00. The van der Waals surface area contributed by atoms with Gasteiger partial charge in [0, 0.05) is 15.7 Å². The first kappa shape index (κ1) is 18.5. The van der Waals surface area contributed by atoms with Crippen molar-refractivity contribution in [1.82, 2.24) is 13.9 Å². The van der Waals surface area contributed by atoms with Gasteiger partial charge in [0.05, 0.1) is 6.33 Å². The number of nitrogens with one attached hydrogen (secondary N) is 1. The number of aromatic nitrogens is 3. The third kappa shape index (κ3) is 3.74. The molecule has 140 valence electrons. The number of nitrogens with zero attached hydrogens (tertiary/aromatic N) is 3. The number of amides is 1. The smallest absolute Gasteiger partial charge is 0.273 e. The van der Waals surface area contributed by atoms with E-state index in [1.165, 1.54) is 10.9 Å². The molecule has 0 fully saturated rings. The maximum absolute atomic E-state index is 12.8. The molecule has 0 saturated heterocycles. The molecule has 0 aliphatic rings. The van der Waals surface area contributed by atoms with E-state index in [2.05, 4.69) is 30.6 Å². The van der Waals surface area contributed by atoms with Crippen LogP contribution in [0.3, 0.4) is 0 Å². The standard InChI is InChI=1S/C20H15BrN4O2S/c1-12-4-2-5-13(8-12)17-18-19(28-24-17)20(27)25(11-22-18)10-16(26)23-15-7-3-6-14(21)9-15/h2-9,11H,10H2,1H3,(H,23,26). The Labute approximate surface area is 173 Å². The van der Waals surface area contributed by atoms with Crippen molar-refractivity contribution in [3.63, 3.8) is 0 Å². The van der Waals surface area contributed by atoms with Gasteiger partial charge in [0.15, 0.2) is 0 Å². The highest BCUT2D eigenvalue weighted by atomic mass is 79.9. The number of benzene rings is 2. The summed E-state index contributed by atoms with van der Waals surface area (Å²) >= 11 is 4.47. The van der Waals surface area contributed by atoms with Gasteiger partial charge in [-0.05, 0) is 42.7 Å². The Kier molecular flexibility index (Phi) is 5.06. The van der Waals surface area contributed by atoms with Gasteiger partial charge in [0.25, 0.3) is 5.56 Å². The van der Waals surface area contributed by atoms with E-state index >= 15 is 0 Å². The molecule has 28 heavy (non-hydrogen) atoms. The Morgan fingerprint density at radius 2 is 2.04 bits per heavy atom. The Morgan fingerprint density at radius 1 is 1.21 bits per heavy atom. The van der Waals surface area contributed by atoms with Crippen LogP contribution in [0.25, 0.3) is 21.5 Å². The molecule has 1 amide bonds. The van der Waals surface area contributed by atoms with Crippen molar-refractivity contribution in [3.8, 4) is 11.3 Å². The SMILES string of the molecule is Cc1cccc(-c2nsc3c(=O)n(CC(=O)Nc4cccc(Br)c4)cnc23)c1. The van der Waals surface area contributed by atoms with Gasteiger partial charge < -0.3 is 5.32 Å². The van der Waals surface area contributed by atoms with Gasteiger partial charge in [-0.3, -0.25) is 14.2 Å². The van der Waals surface area contributed by atoms with Gasteiger partial charge in [-0.2, -0.15) is 4.37 Å². The van der Waals surface area contributed by atoms with Crippen molar-refractivity contribution < 1.29 is 4.79 Å². The fraction of sp³-hybridized carbons (Fsp3) is 0.100. The zero-order valence-electron chi connectivity index (χ0n) is 14.8. The Hall–Kier alpha value is -2.84. The van der Waals surface area contributed by atoms with Crippen LogP contribution in [-0.4, -0.2) is 19.8 Å². The molecule has 2 aromatic heterocycles. The van der Waals surface area contributed by atoms with Crippen LogP contribution < -0.4 is 10.9 Å². The summed E-state index contributed by atoms with van der Waals surface area (Å²) in [6, 6.07) is 15.2. The molecule has 2 heterocycles. The van der Waals surface area contributed by atoms with E-state index in [9.17, 15) is 9.59 Å². The van der Waals surface area contributed by atoms with Crippen molar-refractivity contribution in [2.75, 3.05) is 5.32 Å². The third-order valence-corrected chi connectivity index (χ3v) is 5.48. The average molecular weight is 455 g/mol. The molecule has 6 nitrogen and oxygen atoms in total. The summed E-state index contributed by atoms with van der Waals surface area (Å²) in [7, 11) is 0. The predicted octanol–water partition coefficient (Wildman–Crippen LogP) is 4.23. The monoisotopic (exact) mass is 454 g/mol. The molecule has 2 aromatic carbocycles. The minimum absolute atomic E-state index is 0.119. The van der Waals surface area contributed by atoms with Crippen molar-refractivity contribution in [2.45, 2.75) is 13.5 Å². The van der Waals surface area contributed by atoms with E-state index in [4.69, 9.17) is 0 Å². The number of hydrogen-bond donors (Lipinski definition) is 1. The number of aryl methyl sites for hydroxylation is 1. The summed E-state index contributed by atoms with van der Waals surface area (Å²) < 4.78 is 7.02. The summed E-state index contributed by atoms with van der Waals surface area (Å²) in [5.41, 5.74) is 3.65. The first-order valence-corrected chi connectivity index (χ1v) is 10.1. The fourth-order valence-corrected chi connectivity index (χ4v) is 4.08. The largest absolute Gasteiger partial charge is 0.324 e. The molecule has 0 saturated carbocycles. The van der Waals surface area contributed by atoms with Crippen molar-refractivity contribution >= 4 is 49.3 Å². The van der Waals surface area contributed by atoms with Gasteiger partial charge in [-0.25, -0.2) is 4.98 Å². The van der Waals surface area contributed by atoms with E-state index in [1.54, 1.807) is 12.1 Å². The lowest BCUT2D eigenvalue weighted by atomic mass is 10.1. The highest BCUT2D eigenvalue weighted by molar-refractivity contribution is 9.10. The molecule has 4 aromatic rings. The topological polar surface area (TPSA) is 76.9 Å². The Bertz CT molecular complexity index is 1250. The van der Waals surface area contributed by atoms with Crippen molar-refractivity contribution in [3.05, 3.63) is 75.2 Å². The first-order valence-electron chi connectivity index (χ1n) is 8.48. The number of rotatable bonds is 4. The van der Waals surface area contributed by atoms with Gasteiger partial charge in [0.1, 0.15) is 22.5 Å². The summed E-state index contributed by atoms with van der Waals surface area (Å²) in [4.78, 5) is 29.5. The lowest BCUT2D eigenvalue weighted by Crippen LogP contribution is -2.27. The van der Waals surface area contributed by atoms with Gasteiger partial charge in [-0.15, -0.1) is 0 Å². The zero-order valence-corrected chi connectivity index (χ0v) is 17.3. The van der Waals surface area contributed by atoms with Crippen LogP contribution in [-0.2, 0) is 11.3 Å². The number of carbonyl (C=O) groups is 1. The van der Waals surface area contributed by atoms with Crippen molar-refractivity contribution in [2.24, 2.45) is 0 Å². The number of fused-ring (bicyclic) bond motifs is 1. The van der Waals surface area contributed by atoms with Crippen LogP contribution >= 0.6 is 27.5 Å². The Morgan fingerprint density at radius 3 is 2.82 bits per heavy atom. The molecule has 4 rings (SSSR count). The number of halogens is 1. The maximum atomic E-state index is 12.8. The first-order chi connectivity index (χ1) is 13.5. The summed E-state index contributed by atoms with van der Waals surface area (Å²) in [6.07, 6.45) is 1.40. The zero-order chi connectivity index (χ0) is 19.7. The van der Waals surface area contributed by atoms with Crippen molar-refractivity contribution in [1.29, 1.82) is 0 Å². The van der Waals surface area contributed by atoms with Crippen LogP contribution in [0.5, 0.6) is 0 Å². The lowest BCUT2D eigenvalue weighted by Gasteiger charge is -2.07. The quantitative estimate of drug-likeness (QED) is 0.500. The summed E-state index contributed by atoms with van der Waals surface area (Å²) in [5.74, 6) is -0.301. The molecule has 0 bridgehead atoms. The molecule has 0 aliphatic heterocycles. The predicted molar refractivity (Wildman–Crippen MR) is 115 cm³/mol. The molecule has 0 spiro atoms. The molecule has 0 radical (unpaired) electrons. The molecule has 8 heteroatoms. The summed E-state index contributed by atoms with van der Waals surface area (Å²) in [5, 5.41) is 2.78. The number of hydrogen-bond acceptors (Lipinski definition) is 5. The number of anilines is 1. The minimum atomic E-state index is -0.301. The molecule has 0 unspecified atom stereocenters. The Balaban J connectivity index is 1.62. The van der Waals surface area contributed by atoms with Crippen LogP contribution in [0, 0.1) is 6.92 Å².